The molecular formula is C13H18BrNO2S. The summed E-state index contributed by atoms with van der Waals surface area (Å²) in [5.41, 5.74) is 1.33. The maximum absolute atomic E-state index is 10.7. The average Bonchev–Trinajstić information content (AvgIpc) is 2.73. The van der Waals surface area contributed by atoms with Crippen LogP contribution in [-0.4, -0.2) is 28.6 Å². The van der Waals surface area contributed by atoms with Gasteiger partial charge in [-0.2, -0.15) is 0 Å². The van der Waals surface area contributed by atoms with Gasteiger partial charge >= 0.3 is 5.97 Å². The van der Waals surface area contributed by atoms with Gasteiger partial charge in [-0.3, -0.25) is 9.69 Å². The Bertz CT molecular complexity index is 407. The summed E-state index contributed by atoms with van der Waals surface area (Å²) in [6.07, 6.45) is 4.66. The molecule has 0 aromatic carbocycles. The van der Waals surface area contributed by atoms with Crippen molar-refractivity contribution in [2.24, 2.45) is 0 Å². The summed E-state index contributed by atoms with van der Waals surface area (Å²) in [6.45, 7) is 2.05. The molecule has 1 aromatic rings. The van der Waals surface area contributed by atoms with Crippen LogP contribution < -0.4 is 0 Å². The lowest BCUT2D eigenvalue weighted by atomic mass is 9.97. The van der Waals surface area contributed by atoms with Crippen molar-refractivity contribution in [3.8, 4) is 0 Å². The van der Waals surface area contributed by atoms with Crippen LogP contribution in [0.25, 0.3) is 0 Å². The van der Waals surface area contributed by atoms with Crippen molar-refractivity contribution in [1.29, 1.82) is 0 Å². The van der Waals surface area contributed by atoms with Gasteiger partial charge in [0, 0.05) is 19.0 Å². The van der Waals surface area contributed by atoms with Crippen LogP contribution in [0.15, 0.2) is 15.2 Å². The Morgan fingerprint density at radius 2 is 2.39 bits per heavy atom. The lowest BCUT2D eigenvalue weighted by molar-refractivity contribution is -0.137. The minimum atomic E-state index is -0.682. The van der Waals surface area contributed by atoms with Crippen LogP contribution in [0.3, 0.4) is 0 Å². The highest BCUT2D eigenvalue weighted by Crippen LogP contribution is 2.26. The van der Waals surface area contributed by atoms with Gasteiger partial charge in [0.25, 0.3) is 0 Å². The summed E-state index contributed by atoms with van der Waals surface area (Å²) in [6, 6.07) is 2.60. The zero-order chi connectivity index (χ0) is 13.0. The van der Waals surface area contributed by atoms with Crippen LogP contribution in [-0.2, 0) is 11.3 Å². The Morgan fingerprint density at radius 1 is 1.56 bits per heavy atom. The van der Waals surface area contributed by atoms with Crippen LogP contribution in [0.1, 0.15) is 37.7 Å². The van der Waals surface area contributed by atoms with Gasteiger partial charge in [0.2, 0.25) is 0 Å². The predicted molar refractivity (Wildman–Crippen MR) is 76.9 cm³/mol. The molecule has 0 bridgehead atoms. The van der Waals surface area contributed by atoms with E-state index < -0.39 is 5.97 Å². The third-order valence-corrected chi connectivity index (χ3v) is 5.00. The number of nitrogens with zero attached hydrogens (tertiary/aromatic N) is 1. The maximum Gasteiger partial charge on any atom is 0.303 e. The van der Waals surface area contributed by atoms with Crippen LogP contribution in [0.2, 0.25) is 0 Å². The number of carboxylic acids is 1. The van der Waals surface area contributed by atoms with Crippen LogP contribution >= 0.6 is 27.3 Å². The van der Waals surface area contributed by atoms with E-state index in [1.807, 2.05) is 0 Å². The third kappa shape index (κ3) is 4.07. The van der Waals surface area contributed by atoms with Crippen molar-refractivity contribution >= 4 is 33.2 Å². The molecule has 0 aliphatic carbocycles. The van der Waals surface area contributed by atoms with Crippen molar-refractivity contribution in [2.75, 3.05) is 6.54 Å². The van der Waals surface area contributed by atoms with Crippen molar-refractivity contribution in [2.45, 2.75) is 44.7 Å². The molecule has 5 heteroatoms. The lowest BCUT2D eigenvalue weighted by Crippen LogP contribution is -2.39. The normalized spacial score (nSPS) is 21.1. The highest BCUT2D eigenvalue weighted by atomic mass is 79.9. The SMILES string of the molecule is O=C(O)CCC1CCCCN1Cc1csc(Br)c1. The Labute approximate surface area is 120 Å². The van der Waals surface area contributed by atoms with E-state index in [9.17, 15) is 4.79 Å². The number of piperidine rings is 1. The maximum atomic E-state index is 10.7. The first-order chi connectivity index (χ1) is 8.65. The molecule has 0 radical (unpaired) electrons. The number of hydrogen-bond donors (Lipinski definition) is 1. The van der Waals surface area contributed by atoms with Crippen molar-refractivity contribution in [3.63, 3.8) is 0 Å². The molecule has 0 spiro atoms. The van der Waals surface area contributed by atoms with E-state index in [4.69, 9.17) is 5.11 Å². The second-order valence-electron chi connectivity index (χ2n) is 4.81. The predicted octanol–water partition coefficient (Wildman–Crippen LogP) is 3.73. The fraction of sp³-hybridized carbons (Fsp3) is 0.615. The molecule has 1 saturated heterocycles. The Morgan fingerprint density at radius 3 is 3.06 bits per heavy atom. The number of hydrogen-bond acceptors (Lipinski definition) is 3. The second-order valence-corrected chi connectivity index (χ2v) is 7.10. The van der Waals surface area contributed by atoms with Gasteiger partial charge in [-0.05, 0) is 58.7 Å². The zero-order valence-corrected chi connectivity index (χ0v) is 12.7. The van der Waals surface area contributed by atoms with Gasteiger partial charge in [0.1, 0.15) is 0 Å². The molecule has 0 saturated carbocycles. The number of aliphatic carboxylic acids is 1. The van der Waals surface area contributed by atoms with Crippen molar-refractivity contribution < 1.29 is 9.90 Å². The Balaban J connectivity index is 1.92. The Kier molecular flexibility index (Phi) is 5.21. The summed E-state index contributed by atoms with van der Waals surface area (Å²) < 4.78 is 1.16. The Hall–Kier alpha value is -0.390. The van der Waals surface area contributed by atoms with Gasteiger partial charge in [0.15, 0.2) is 0 Å². The first-order valence-corrected chi connectivity index (χ1v) is 8.01. The lowest BCUT2D eigenvalue weighted by Gasteiger charge is -2.35. The molecule has 100 valence electrons. The van der Waals surface area contributed by atoms with E-state index in [0.717, 1.165) is 29.7 Å². The summed E-state index contributed by atoms with van der Waals surface area (Å²) in [7, 11) is 0. The van der Waals surface area contributed by atoms with Gasteiger partial charge in [-0.1, -0.05) is 6.42 Å². The summed E-state index contributed by atoms with van der Waals surface area (Å²) >= 11 is 5.19. The number of likely N-dealkylation sites (tertiary alicyclic amines) is 1. The van der Waals surface area contributed by atoms with Gasteiger partial charge in [-0.25, -0.2) is 0 Å². The first-order valence-electron chi connectivity index (χ1n) is 6.34. The van der Waals surface area contributed by atoms with Crippen molar-refractivity contribution in [3.05, 3.63) is 20.8 Å². The number of carbonyl (C=O) groups is 1. The number of halogens is 1. The number of carboxylic acid groups (broad SMARTS) is 1. The smallest absolute Gasteiger partial charge is 0.303 e. The fourth-order valence-electron chi connectivity index (χ4n) is 2.55. The number of rotatable bonds is 5. The second kappa shape index (κ2) is 6.68. The minimum Gasteiger partial charge on any atom is -0.481 e. The monoisotopic (exact) mass is 331 g/mol. The van der Waals surface area contributed by atoms with E-state index in [0.29, 0.717) is 6.04 Å². The molecule has 1 unspecified atom stereocenters. The summed E-state index contributed by atoms with van der Waals surface area (Å²) in [5, 5.41) is 11.0. The molecule has 1 aliphatic heterocycles. The largest absolute Gasteiger partial charge is 0.481 e. The molecule has 3 nitrogen and oxygen atoms in total. The zero-order valence-electron chi connectivity index (χ0n) is 10.3. The topological polar surface area (TPSA) is 40.5 Å². The van der Waals surface area contributed by atoms with E-state index >= 15 is 0 Å². The molecule has 2 rings (SSSR count). The van der Waals surface area contributed by atoms with Crippen molar-refractivity contribution in [1.82, 2.24) is 4.90 Å². The van der Waals surface area contributed by atoms with E-state index in [-0.39, 0.29) is 6.42 Å². The standard InChI is InChI=1S/C13H18BrNO2S/c14-12-7-10(9-18-12)8-15-6-2-1-3-11(15)4-5-13(16)17/h7,9,11H,1-6,8H2,(H,16,17). The molecule has 1 aliphatic rings. The highest BCUT2D eigenvalue weighted by molar-refractivity contribution is 9.11. The molecule has 1 aromatic heterocycles. The highest BCUT2D eigenvalue weighted by Gasteiger charge is 2.23. The quantitative estimate of drug-likeness (QED) is 0.893. The van der Waals surface area contributed by atoms with E-state index in [2.05, 4.69) is 32.3 Å². The van der Waals surface area contributed by atoms with Gasteiger partial charge in [-0.15, -0.1) is 11.3 Å². The molecular weight excluding hydrogens is 314 g/mol. The van der Waals surface area contributed by atoms with Gasteiger partial charge in [0.05, 0.1) is 3.79 Å². The molecule has 18 heavy (non-hydrogen) atoms. The van der Waals surface area contributed by atoms with Crippen LogP contribution in [0.4, 0.5) is 0 Å². The molecule has 1 atom stereocenters. The molecule has 0 amide bonds. The average molecular weight is 332 g/mol. The van der Waals surface area contributed by atoms with E-state index in [1.54, 1.807) is 11.3 Å². The van der Waals surface area contributed by atoms with Crippen LogP contribution in [0, 0.1) is 0 Å². The summed E-state index contributed by atoms with van der Waals surface area (Å²) in [5.74, 6) is -0.682. The molecule has 1 N–H and O–H groups in total. The molecule has 2 heterocycles. The van der Waals surface area contributed by atoms with Crippen LogP contribution in [0.5, 0.6) is 0 Å². The summed E-state index contributed by atoms with van der Waals surface area (Å²) in [4.78, 5) is 13.1. The number of thiophene rings is 1. The van der Waals surface area contributed by atoms with E-state index in [1.165, 1.54) is 18.4 Å². The fourth-order valence-corrected chi connectivity index (χ4v) is 3.75. The first kappa shape index (κ1) is 14.0. The minimum absolute atomic E-state index is 0.286. The third-order valence-electron chi connectivity index (χ3n) is 3.45. The van der Waals surface area contributed by atoms with Gasteiger partial charge < -0.3 is 5.11 Å². The molecule has 1 fully saturated rings.